The van der Waals surface area contributed by atoms with Gasteiger partial charge in [-0.15, -0.1) is 0 Å². The smallest absolute Gasteiger partial charge is 0.229 e. The average molecular weight is 296 g/mol. The summed E-state index contributed by atoms with van der Waals surface area (Å²) >= 11 is 6.01. The zero-order valence-corrected chi connectivity index (χ0v) is 13.0. The van der Waals surface area contributed by atoms with E-state index in [1.807, 2.05) is 0 Å². The van der Waals surface area contributed by atoms with Crippen molar-refractivity contribution in [3.05, 3.63) is 5.28 Å². The molecule has 2 aliphatic rings. The Morgan fingerprint density at radius 1 is 1.10 bits per heavy atom. The number of nitrogens with zero attached hydrogens (tertiary/aromatic N) is 3. The van der Waals surface area contributed by atoms with Crippen LogP contribution in [-0.2, 0) is 0 Å². The lowest BCUT2D eigenvalue weighted by Crippen LogP contribution is -2.34. The maximum atomic E-state index is 6.01. The zero-order chi connectivity index (χ0) is 14.3. The van der Waals surface area contributed by atoms with Crippen molar-refractivity contribution in [2.24, 2.45) is 11.8 Å². The number of rotatable bonds is 6. The van der Waals surface area contributed by atoms with Gasteiger partial charge in [0.15, 0.2) is 0 Å². The number of anilines is 2. The summed E-state index contributed by atoms with van der Waals surface area (Å²) in [6.07, 6.45) is 5.10. The third-order valence-electron chi connectivity index (χ3n) is 4.33. The summed E-state index contributed by atoms with van der Waals surface area (Å²) in [5, 5.41) is 6.96. The van der Waals surface area contributed by atoms with Gasteiger partial charge in [0.2, 0.25) is 17.2 Å². The topological polar surface area (TPSA) is 62.7 Å². The van der Waals surface area contributed by atoms with Crippen molar-refractivity contribution in [3.63, 3.8) is 0 Å². The second-order valence-electron chi connectivity index (χ2n) is 6.64. The Morgan fingerprint density at radius 3 is 2.35 bits per heavy atom. The maximum Gasteiger partial charge on any atom is 0.229 e. The van der Waals surface area contributed by atoms with Crippen molar-refractivity contribution in [1.82, 2.24) is 15.0 Å². The van der Waals surface area contributed by atoms with Gasteiger partial charge in [0.1, 0.15) is 0 Å². The molecule has 6 heteroatoms. The molecule has 0 spiro atoms. The number of nitrogens with one attached hydrogen (secondary N) is 2. The lowest BCUT2D eigenvalue weighted by molar-refractivity contribution is 0.490. The van der Waals surface area contributed by atoms with E-state index in [0.29, 0.717) is 23.9 Å². The van der Waals surface area contributed by atoms with Crippen molar-refractivity contribution < 1.29 is 0 Å². The van der Waals surface area contributed by atoms with Gasteiger partial charge in [0.05, 0.1) is 0 Å². The molecule has 0 bridgehead atoms. The highest BCUT2D eigenvalue weighted by Crippen LogP contribution is 2.40. The molecule has 5 nitrogen and oxygen atoms in total. The summed E-state index contributed by atoms with van der Waals surface area (Å²) < 4.78 is 0. The van der Waals surface area contributed by atoms with Crippen LogP contribution in [0.3, 0.4) is 0 Å². The second kappa shape index (κ2) is 5.02. The Hall–Kier alpha value is -1.10. The van der Waals surface area contributed by atoms with Crippen LogP contribution in [0.5, 0.6) is 0 Å². The highest BCUT2D eigenvalue weighted by atomic mass is 35.5. The van der Waals surface area contributed by atoms with E-state index in [9.17, 15) is 0 Å². The van der Waals surface area contributed by atoms with Crippen LogP contribution >= 0.6 is 11.6 Å². The van der Waals surface area contributed by atoms with Gasteiger partial charge in [0.25, 0.3) is 0 Å². The summed E-state index contributed by atoms with van der Waals surface area (Å²) in [6.45, 7) is 6.53. The molecule has 2 saturated carbocycles. The van der Waals surface area contributed by atoms with Gasteiger partial charge < -0.3 is 10.6 Å². The number of halogens is 1. The lowest BCUT2D eigenvalue weighted by atomic mass is 9.99. The second-order valence-corrected chi connectivity index (χ2v) is 6.98. The van der Waals surface area contributed by atoms with E-state index in [4.69, 9.17) is 11.6 Å². The van der Waals surface area contributed by atoms with Crippen LogP contribution in [-0.4, -0.2) is 26.5 Å². The van der Waals surface area contributed by atoms with Crippen LogP contribution in [0.4, 0.5) is 11.9 Å². The van der Waals surface area contributed by atoms with Crippen LogP contribution in [0.25, 0.3) is 0 Å². The summed E-state index contributed by atoms with van der Waals surface area (Å²) in [5.41, 5.74) is 0.00403. The third-order valence-corrected chi connectivity index (χ3v) is 4.49. The molecule has 0 amide bonds. The van der Waals surface area contributed by atoms with E-state index in [1.165, 1.54) is 25.7 Å². The van der Waals surface area contributed by atoms with Crippen LogP contribution in [0, 0.1) is 11.8 Å². The lowest BCUT2D eigenvalue weighted by Gasteiger charge is -2.26. The predicted molar refractivity (Wildman–Crippen MR) is 81.1 cm³/mol. The standard InChI is InChI=1S/C14H22ClN5/c1-8(9-4-5-9)16-12-17-11(15)18-13(19-12)20-14(2,3)10-6-7-10/h8-10H,4-7H2,1-3H3,(H2,16,17,18,19,20)/t8-/m1/s1. The average Bonchev–Trinajstić information content (AvgIpc) is 3.19. The molecule has 2 N–H and O–H groups in total. The van der Waals surface area contributed by atoms with E-state index in [0.717, 1.165) is 5.92 Å². The Bertz CT molecular complexity index is 496. The Morgan fingerprint density at radius 2 is 1.75 bits per heavy atom. The normalized spacial score (nSPS) is 20.6. The SMILES string of the molecule is C[C@@H](Nc1nc(Cl)nc(NC(C)(C)C2CC2)n1)C1CC1. The fourth-order valence-corrected chi connectivity index (χ4v) is 2.74. The maximum absolute atomic E-state index is 6.01. The molecule has 1 atom stereocenters. The Labute approximate surface area is 124 Å². The highest BCUT2D eigenvalue weighted by Gasteiger charge is 2.38. The van der Waals surface area contributed by atoms with Gasteiger partial charge in [0, 0.05) is 11.6 Å². The molecule has 0 radical (unpaired) electrons. The molecule has 1 aromatic rings. The minimum absolute atomic E-state index is 0.00403. The molecule has 0 unspecified atom stereocenters. The van der Waals surface area contributed by atoms with Gasteiger partial charge in [-0.25, -0.2) is 0 Å². The Kier molecular flexibility index (Phi) is 3.48. The first-order valence-electron chi connectivity index (χ1n) is 7.40. The molecule has 0 aromatic carbocycles. The summed E-state index contributed by atoms with van der Waals surface area (Å²) in [6, 6.07) is 0.387. The quantitative estimate of drug-likeness (QED) is 0.843. The van der Waals surface area contributed by atoms with Crippen LogP contribution in [0.1, 0.15) is 46.5 Å². The number of aromatic nitrogens is 3. The van der Waals surface area contributed by atoms with Crippen LogP contribution < -0.4 is 10.6 Å². The van der Waals surface area contributed by atoms with Crippen molar-refractivity contribution >= 4 is 23.5 Å². The van der Waals surface area contributed by atoms with Crippen LogP contribution in [0.15, 0.2) is 0 Å². The van der Waals surface area contributed by atoms with Crippen molar-refractivity contribution in [1.29, 1.82) is 0 Å². The van der Waals surface area contributed by atoms with E-state index in [2.05, 4.69) is 46.4 Å². The van der Waals surface area contributed by atoms with Gasteiger partial charge >= 0.3 is 0 Å². The fraction of sp³-hybridized carbons (Fsp3) is 0.786. The van der Waals surface area contributed by atoms with Crippen LogP contribution in [0.2, 0.25) is 5.28 Å². The van der Waals surface area contributed by atoms with E-state index >= 15 is 0 Å². The molecule has 1 heterocycles. The molecular weight excluding hydrogens is 274 g/mol. The van der Waals surface area contributed by atoms with E-state index < -0.39 is 0 Å². The first-order valence-corrected chi connectivity index (χ1v) is 7.78. The van der Waals surface area contributed by atoms with E-state index in [-0.39, 0.29) is 10.8 Å². The first kappa shape index (κ1) is 13.9. The molecule has 0 saturated heterocycles. The molecule has 3 rings (SSSR count). The molecule has 0 aliphatic heterocycles. The van der Waals surface area contributed by atoms with Gasteiger partial charge in [-0.2, -0.15) is 15.0 Å². The highest BCUT2D eigenvalue weighted by molar-refractivity contribution is 6.28. The van der Waals surface area contributed by atoms with Gasteiger partial charge in [-0.05, 0) is 69.9 Å². The zero-order valence-electron chi connectivity index (χ0n) is 12.3. The minimum Gasteiger partial charge on any atom is -0.351 e. The van der Waals surface area contributed by atoms with E-state index in [1.54, 1.807) is 0 Å². The van der Waals surface area contributed by atoms with Crippen molar-refractivity contribution in [2.45, 2.75) is 58.0 Å². The van der Waals surface area contributed by atoms with Gasteiger partial charge in [-0.3, -0.25) is 0 Å². The minimum atomic E-state index is 0.00403. The summed E-state index contributed by atoms with van der Waals surface area (Å²) in [7, 11) is 0. The third kappa shape index (κ3) is 3.32. The molecule has 110 valence electrons. The monoisotopic (exact) mass is 295 g/mol. The first-order chi connectivity index (χ1) is 9.44. The Balaban J connectivity index is 1.71. The summed E-state index contributed by atoms with van der Waals surface area (Å²) in [5.74, 6) is 2.57. The largest absolute Gasteiger partial charge is 0.351 e. The van der Waals surface area contributed by atoms with Gasteiger partial charge in [-0.1, -0.05) is 0 Å². The predicted octanol–water partition coefficient (Wildman–Crippen LogP) is 3.34. The molecule has 2 aliphatic carbocycles. The fourth-order valence-electron chi connectivity index (χ4n) is 2.58. The van der Waals surface area contributed by atoms with Crippen molar-refractivity contribution in [3.8, 4) is 0 Å². The number of hydrogen-bond acceptors (Lipinski definition) is 5. The van der Waals surface area contributed by atoms with Crippen molar-refractivity contribution in [2.75, 3.05) is 10.6 Å². The summed E-state index contributed by atoms with van der Waals surface area (Å²) in [4.78, 5) is 12.8. The number of hydrogen-bond donors (Lipinski definition) is 2. The molecule has 1 aromatic heterocycles. The molecule has 2 fully saturated rings. The molecular formula is C14H22ClN5. The molecule has 20 heavy (non-hydrogen) atoms.